The zero-order chi connectivity index (χ0) is 28.6. The number of carboxylic acids is 2. The first-order chi connectivity index (χ1) is 17.8. The van der Waals surface area contributed by atoms with E-state index in [4.69, 9.17) is 9.84 Å². The van der Waals surface area contributed by atoms with E-state index in [-0.39, 0.29) is 11.1 Å². The molecule has 0 unspecified atom stereocenters. The van der Waals surface area contributed by atoms with Gasteiger partial charge in [0.25, 0.3) is 0 Å². The molecule has 0 saturated heterocycles. The van der Waals surface area contributed by atoms with Crippen LogP contribution in [0.4, 0.5) is 0 Å². The van der Waals surface area contributed by atoms with Crippen molar-refractivity contribution in [3.05, 3.63) is 59.7 Å². The summed E-state index contributed by atoms with van der Waals surface area (Å²) in [6.45, 7) is 0. The molecule has 14 nitrogen and oxygen atoms in total. The monoisotopic (exact) mass is 534 g/mol. The highest BCUT2D eigenvalue weighted by molar-refractivity contribution is 5.90. The van der Waals surface area contributed by atoms with Crippen molar-refractivity contribution in [1.29, 1.82) is 0 Å². The van der Waals surface area contributed by atoms with E-state index in [2.05, 4.69) is 4.74 Å². The number of hydrogen-bond donors (Lipinski definition) is 8. The number of benzene rings is 2. The average Bonchev–Trinajstić information content (AvgIpc) is 2.86. The molecule has 0 aliphatic rings. The van der Waals surface area contributed by atoms with Crippen LogP contribution in [0.15, 0.2) is 48.6 Å². The molecule has 2 rings (SSSR count). The Morgan fingerprint density at radius 1 is 0.658 bits per heavy atom. The van der Waals surface area contributed by atoms with E-state index in [1.54, 1.807) is 0 Å². The molecule has 14 heteroatoms. The van der Waals surface area contributed by atoms with Crippen LogP contribution in [0, 0.1) is 0 Å². The molecule has 0 aromatic heterocycles. The summed E-state index contributed by atoms with van der Waals surface area (Å²) in [5.74, 6) is -8.60. The van der Waals surface area contributed by atoms with Crippen molar-refractivity contribution in [2.24, 2.45) is 0 Å². The summed E-state index contributed by atoms with van der Waals surface area (Å²) in [4.78, 5) is 47.2. The number of carbonyl (C=O) groups is 4. The average molecular weight is 534 g/mol. The molecule has 0 heterocycles. The number of phenols is 4. The molecule has 38 heavy (non-hydrogen) atoms. The van der Waals surface area contributed by atoms with Crippen molar-refractivity contribution in [2.75, 3.05) is 0 Å². The van der Waals surface area contributed by atoms with Crippen LogP contribution in [0.2, 0.25) is 0 Å². The van der Waals surface area contributed by atoms with Crippen LogP contribution in [0.3, 0.4) is 0 Å². The number of ether oxygens (including phenoxy) is 2. The van der Waals surface area contributed by atoms with Crippen molar-refractivity contribution in [2.45, 2.75) is 24.4 Å². The Morgan fingerprint density at radius 3 is 1.50 bits per heavy atom. The third-order valence-corrected chi connectivity index (χ3v) is 4.77. The van der Waals surface area contributed by atoms with Gasteiger partial charge in [-0.1, -0.05) is 12.1 Å². The number of hydrogen-bond acceptors (Lipinski definition) is 12. The second-order valence-electron chi connectivity index (χ2n) is 7.53. The fourth-order valence-electron chi connectivity index (χ4n) is 2.85. The molecule has 0 radical (unpaired) electrons. The molecule has 0 aliphatic heterocycles. The highest BCUT2D eigenvalue weighted by Gasteiger charge is 2.44. The van der Waals surface area contributed by atoms with Gasteiger partial charge in [-0.2, -0.15) is 0 Å². The Morgan fingerprint density at radius 2 is 1.11 bits per heavy atom. The van der Waals surface area contributed by atoms with Crippen molar-refractivity contribution in [3.8, 4) is 23.0 Å². The predicted molar refractivity (Wildman–Crippen MR) is 125 cm³/mol. The maximum absolute atomic E-state index is 12.2. The van der Waals surface area contributed by atoms with E-state index >= 15 is 0 Å². The number of rotatable bonds is 11. The number of aliphatic hydroxyl groups excluding tert-OH is 2. The van der Waals surface area contributed by atoms with Crippen LogP contribution in [0.1, 0.15) is 11.1 Å². The molecule has 0 fully saturated rings. The number of aromatic hydroxyl groups is 4. The Labute approximate surface area is 213 Å². The molecule has 2 aromatic rings. The van der Waals surface area contributed by atoms with E-state index in [0.29, 0.717) is 12.2 Å². The van der Waals surface area contributed by atoms with Crippen LogP contribution in [0.5, 0.6) is 23.0 Å². The largest absolute Gasteiger partial charge is 0.504 e. The van der Waals surface area contributed by atoms with Gasteiger partial charge in [0.2, 0.25) is 6.10 Å². The van der Waals surface area contributed by atoms with Gasteiger partial charge in [0.15, 0.2) is 35.2 Å². The lowest BCUT2D eigenvalue weighted by Crippen LogP contribution is -2.53. The minimum atomic E-state index is -2.64. The maximum Gasteiger partial charge on any atom is 0.347 e. The molecule has 4 atom stereocenters. The molecule has 202 valence electrons. The number of aliphatic hydroxyl groups is 2. The van der Waals surface area contributed by atoms with Gasteiger partial charge in [-0.3, -0.25) is 0 Å². The minimum absolute atomic E-state index is 0.180. The first-order valence-corrected chi connectivity index (χ1v) is 10.4. The molecule has 0 saturated carbocycles. The highest BCUT2D eigenvalue weighted by atomic mass is 16.6. The van der Waals surface area contributed by atoms with E-state index < -0.39 is 71.3 Å². The second-order valence-corrected chi connectivity index (χ2v) is 7.53. The topological polar surface area (TPSA) is 249 Å². The van der Waals surface area contributed by atoms with E-state index in [1.807, 2.05) is 0 Å². The van der Waals surface area contributed by atoms with Crippen molar-refractivity contribution in [1.82, 2.24) is 0 Å². The highest BCUT2D eigenvalue weighted by Crippen LogP contribution is 2.26. The molecule has 0 amide bonds. The van der Waals surface area contributed by atoms with Crippen LogP contribution in [-0.4, -0.2) is 89.1 Å². The zero-order valence-electron chi connectivity index (χ0n) is 19.1. The molecule has 0 spiro atoms. The predicted octanol–water partition coefficient (Wildman–Crippen LogP) is -0.0498. The number of carbonyl (C=O) groups excluding carboxylic acids is 2. The summed E-state index contributed by atoms with van der Waals surface area (Å²) in [5, 5.41) is 76.4. The van der Waals surface area contributed by atoms with E-state index in [9.17, 15) is 54.9 Å². The Bertz CT molecular complexity index is 1260. The lowest BCUT2D eigenvalue weighted by molar-refractivity contribution is -0.190. The van der Waals surface area contributed by atoms with Crippen molar-refractivity contribution >= 4 is 36.0 Å². The third-order valence-electron chi connectivity index (χ3n) is 4.77. The molecule has 0 aliphatic carbocycles. The normalized spacial score (nSPS) is 14.5. The summed E-state index contributed by atoms with van der Waals surface area (Å²) in [7, 11) is 0. The lowest BCUT2D eigenvalue weighted by Gasteiger charge is -2.28. The first-order valence-electron chi connectivity index (χ1n) is 10.4. The molecular formula is C24H22O14. The molecule has 8 N–H and O–H groups in total. The van der Waals surface area contributed by atoms with Gasteiger partial charge in [0.05, 0.1) is 0 Å². The number of aliphatic carboxylic acids is 2. The van der Waals surface area contributed by atoms with Crippen LogP contribution < -0.4 is 0 Å². The molecule has 0 bridgehead atoms. The summed E-state index contributed by atoms with van der Waals surface area (Å²) in [5.41, 5.74) is 0.366. The van der Waals surface area contributed by atoms with Gasteiger partial charge >= 0.3 is 23.9 Å². The van der Waals surface area contributed by atoms with Gasteiger partial charge < -0.3 is 50.3 Å². The number of esters is 2. The fourth-order valence-corrected chi connectivity index (χ4v) is 2.85. The van der Waals surface area contributed by atoms with Gasteiger partial charge in [0, 0.05) is 12.2 Å². The summed E-state index contributed by atoms with van der Waals surface area (Å²) < 4.78 is 9.38. The SMILES string of the molecule is O=C(/C=C/c1ccc(O)c(O)c1)O[C@@H]([C@@H](O)[C@@H](OC(=O)/C=C/c1ccc(O)c(O)c1)C(=O)O)[C@H](O)C(=O)O. The second kappa shape index (κ2) is 12.8. The summed E-state index contributed by atoms with van der Waals surface area (Å²) >= 11 is 0. The van der Waals surface area contributed by atoms with Crippen LogP contribution >= 0.6 is 0 Å². The molecule has 2 aromatic carbocycles. The minimum Gasteiger partial charge on any atom is -0.504 e. The first kappa shape index (κ1) is 29.2. The third kappa shape index (κ3) is 7.97. The van der Waals surface area contributed by atoms with Gasteiger partial charge in [0.1, 0.15) is 6.10 Å². The van der Waals surface area contributed by atoms with Crippen molar-refractivity contribution < 1.29 is 69.5 Å². The van der Waals surface area contributed by atoms with Crippen LogP contribution in [0.25, 0.3) is 12.2 Å². The molecular weight excluding hydrogens is 512 g/mol. The smallest absolute Gasteiger partial charge is 0.347 e. The van der Waals surface area contributed by atoms with Crippen molar-refractivity contribution in [3.63, 3.8) is 0 Å². The Hall–Kier alpha value is -5.08. The Kier molecular flexibility index (Phi) is 9.78. The van der Waals surface area contributed by atoms with Gasteiger partial charge in [-0.25, -0.2) is 19.2 Å². The number of carboxylic acid groups (broad SMARTS) is 2. The van der Waals surface area contributed by atoms with Gasteiger partial charge in [-0.05, 0) is 47.5 Å². The maximum atomic E-state index is 12.2. The Balaban J connectivity index is 2.20. The van der Waals surface area contributed by atoms with Gasteiger partial charge in [-0.15, -0.1) is 0 Å². The fraction of sp³-hybridized carbons (Fsp3) is 0.167. The van der Waals surface area contributed by atoms with E-state index in [0.717, 1.165) is 36.4 Å². The quantitative estimate of drug-likeness (QED) is 0.107. The lowest BCUT2D eigenvalue weighted by atomic mass is 10.0. The standard InChI is InChI=1S/C24H22O14/c25-13-5-1-11(9-15(13)27)3-7-17(29)37-21(20(32)23(33)34)19(31)22(24(35)36)38-18(30)8-4-12-2-6-14(26)16(28)10-12/h1-10,19-22,25-28,31-32H,(H,33,34)(H,35,36)/b7-3+,8-4+/t19-,20+,21+,22-/m1/s1. The zero-order valence-corrected chi connectivity index (χ0v) is 19.1. The summed E-state index contributed by atoms with van der Waals surface area (Å²) in [6, 6.07) is 6.90. The van der Waals surface area contributed by atoms with Crippen LogP contribution in [-0.2, 0) is 28.7 Å². The summed E-state index contributed by atoms with van der Waals surface area (Å²) in [6.07, 6.45) is -6.65. The van der Waals surface area contributed by atoms with E-state index in [1.165, 1.54) is 12.1 Å². The number of phenolic OH excluding ortho intramolecular Hbond substituents is 4.